The van der Waals surface area contributed by atoms with Crippen molar-refractivity contribution in [3.8, 4) is 5.69 Å². The van der Waals surface area contributed by atoms with E-state index in [4.69, 9.17) is 0 Å². The molecule has 2 atom stereocenters. The van der Waals surface area contributed by atoms with Crippen molar-refractivity contribution < 1.29 is 17.6 Å². The van der Waals surface area contributed by atoms with Crippen molar-refractivity contribution in [3.05, 3.63) is 59.8 Å². The van der Waals surface area contributed by atoms with E-state index in [1.54, 1.807) is 18.0 Å². The van der Waals surface area contributed by atoms with E-state index in [2.05, 4.69) is 26.9 Å². The van der Waals surface area contributed by atoms with Gasteiger partial charge in [0.1, 0.15) is 5.82 Å². The van der Waals surface area contributed by atoms with Gasteiger partial charge in [-0.2, -0.15) is 0 Å². The van der Waals surface area contributed by atoms with Gasteiger partial charge in [0.15, 0.2) is 0 Å². The molecule has 6 rings (SSSR count). The Morgan fingerprint density at radius 2 is 1.85 bits per heavy atom. The van der Waals surface area contributed by atoms with Gasteiger partial charge in [0.25, 0.3) is 5.91 Å². The largest absolute Gasteiger partial charge is 0.339 e. The molecule has 1 saturated heterocycles. The second-order valence-corrected chi connectivity index (χ2v) is 14.6. The Bertz CT molecular complexity index is 1550. The van der Waals surface area contributed by atoms with Gasteiger partial charge in [-0.15, -0.1) is 0 Å². The van der Waals surface area contributed by atoms with Crippen molar-refractivity contribution in [1.82, 2.24) is 24.1 Å². The molecule has 2 aliphatic carbocycles. The van der Waals surface area contributed by atoms with Crippen LogP contribution < -0.4 is 4.72 Å². The number of nitrogens with zero attached hydrogens (tertiary/aromatic N) is 4. The molecule has 0 spiro atoms. The van der Waals surface area contributed by atoms with Crippen LogP contribution >= 0.6 is 0 Å². The maximum Gasteiger partial charge on any atom is 0.256 e. The number of halogens is 1. The Morgan fingerprint density at radius 1 is 1.15 bits per heavy atom. The van der Waals surface area contributed by atoms with E-state index in [9.17, 15) is 17.6 Å². The van der Waals surface area contributed by atoms with Gasteiger partial charge in [-0.1, -0.05) is 0 Å². The third-order valence-corrected chi connectivity index (χ3v) is 10.3. The molecule has 41 heavy (non-hydrogen) atoms. The molecule has 1 aliphatic heterocycles. The molecule has 3 aliphatic rings. The lowest BCUT2D eigenvalue weighted by molar-refractivity contribution is 0.0754. The average molecular weight is 582 g/mol. The van der Waals surface area contributed by atoms with E-state index in [0.717, 1.165) is 56.2 Å². The van der Waals surface area contributed by atoms with Crippen LogP contribution in [0.1, 0.15) is 61.4 Å². The zero-order valence-electron chi connectivity index (χ0n) is 24.3. The van der Waals surface area contributed by atoms with Crippen LogP contribution in [-0.4, -0.2) is 78.7 Å². The third kappa shape index (κ3) is 5.66. The van der Waals surface area contributed by atoms with E-state index in [0.29, 0.717) is 34.9 Å². The molecular weight excluding hydrogens is 541 g/mol. The Kier molecular flexibility index (Phi) is 7.45. The summed E-state index contributed by atoms with van der Waals surface area (Å²) in [7, 11) is -1.38. The molecule has 2 saturated carbocycles. The van der Waals surface area contributed by atoms with Crippen LogP contribution in [0.4, 0.5) is 4.39 Å². The molecule has 3 heterocycles. The summed E-state index contributed by atoms with van der Waals surface area (Å²) in [5, 5.41) is 1.14. The number of rotatable bonds is 8. The number of fused-ring (bicyclic) bond motifs is 2. The molecule has 0 radical (unpaired) electrons. The summed E-state index contributed by atoms with van der Waals surface area (Å²) in [6.45, 7) is 7.14. The highest BCUT2D eigenvalue weighted by molar-refractivity contribution is 7.88. The van der Waals surface area contributed by atoms with Gasteiger partial charge in [-0.3, -0.25) is 9.78 Å². The summed E-state index contributed by atoms with van der Waals surface area (Å²) < 4.78 is 42.1. The summed E-state index contributed by atoms with van der Waals surface area (Å²) in [6, 6.07) is 6.60. The van der Waals surface area contributed by atoms with E-state index < -0.39 is 15.8 Å². The Hall–Kier alpha value is -2.82. The topological polar surface area (TPSA) is 87.5 Å². The smallest absolute Gasteiger partial charge is 0.256 e. The number of sulfonamides is 1. The summed E-state index contributed by atoms with van der Waals surface area (Å²) >= 11 is 0. The molecular formula is C31H40FN5O3S. The fourth-order valence-electron chi connectivity index (χ4n) is 7.39. The predicted octanol–water partition coefficient (Wildman–Crippen LogP) is 4.40. The first kappa shape index (κ1) is 28.3. The second kappa shape index (κ2) is 10.8. The van der Waals surface area contributed by atoms with Gasteiger partial charge in [0.05, 0.1) is 29.2 Å². The number of amides is 1. The van der Waals surface area contributed by atoms with Gasteiger partial charge >= 0.3 is 0 Å². The summed E-state index contributed by atoms with van der Waals surface area (Å²) in [5.74, 6) is 1.64. The van der Waals surface area contributed by atoms with Crippen LogP contribution in [0.5, 0.6) is 0 Å². The molecule has 3 fully saturated rings. The molecule has 0 bridgehead atoms. The molecule has 3 aromatic rings. The van der Waals surface area contributed by atoms with Crippen LogP contribution in [0.2, 0.25) is 0 Å². The Labute approximate surface area is 242 Å². The number of hydrogen-bond donors (Lipinski definition) is 1. The van der Waals surface area contributed by atoms with Crippen molar-refractivity contribution >= 4 is 26.8 Å². The number of pyridine rings is 1. The van der Waals surface area contributed by atoms with Gasteiger partial charge < -0.3 is 14.4 Å². The number of likely N-dealkylation sites (tertiary alicyclic amines) is 1. The lowest BCUT2D eigenvalue weighted by Crippen LogP contribution is -2.47. The summed E-state index contributed by atoms with van der Waals surface area (Å²) in [5.41, 5.74) is 3.22. The lowest BCUT2D eigenvalue weighted by Gasteiger charge is -2.37. The maximum atomic E-state index is 14.4. The highest BCUT2D eigenvalue weighted by Crippen LogP contribution is 2.48. The van der Waals surface area contributed by atoms with Crippen LogP contribution in [0.3, 0.4) is 0 Å². The van der Waals surface area contributed by atoms with Crippen molar-refractivity contribution in [3.63, 3.8) is 0 Å². The minimum absolute atomic E-state index is 0.00964. The number of hydrogen-bond acceptors (Lipinski definition) is 5. The van der Waals surface area contributed by atoms with Crippen molar-refractivity contribution in [2.24, 2.45) is 17.8 Å². The number of carbonyl (C=O) groups is 1. The van der Waals surface area contributed by atoms with E-state index >= 15 is 0 Å². The van der Waals surface area contributed by atoms with Gasteiger partial charge in [0.2, 0.25) is 10.0 Å². The minimum Gasteiger partial charge on any atom is -0.339 e. The second-order valence-electron chi connectivity index (χ2n) is 12.8. The minimum atomic E-state index is -3.13. The fraction of sp³-hybridized carbons (Fsp3) is 0.548. The molecule has 1 aromatic carbocycles. The first-order valence-corrected chi connectivity index (χ1v) is 16.6. The van der Waals surface area contributed by atoms with Crippen molar-refractivity contribution in [2.75, 3.05) is 32.9 Å². The van der Waals surface area contributed by atoms with Gasteiger partial charge in [-0.25, -0.2) is 17.5 Å². The van der Waals surface area contributed by atoms with Crippen molar-refractivity contribution in [2.45, 2.75) is 57.5 Å². The molecule has 220 valence electrons. The van der Waals surface area contributed by atoms with Crippen LogP contribution in [-0.2, 0) is 10.0 Å². The van der Waals surface area contributed by atoms with Crippen LogP contribution in [0, 0.1) is 23.6 Å². The molecule has 2 aromatic heterocycles. The summed E-state index contributed by atoms with van der Waals surface area (Å²) in [6.07, 6.45) is 11.1. The molecule has 1 amide bonds. The third-order valence-electron chi connectivity index (χ3n) is 9.58. The molecule has 8 nitrogen and oxygen atoms in total. The molecule has 2 unspecified atom stereocenters. The average Bonchev–Trinajstić information content (AvgIpc) is 3.57. The quantitative estimate of drug-likeness (QED) is 0.426. The number of nitrogens with one attached hydrogen (secondary N) is 1. The summed E-state index contributed by atoms with van der Waals surface area (Å²) in [4.78, 5) is 22.0. The van der Waals surface area contributed by atoms with E-state index in [1.165, 1.54) is 24.0 Å². The zero-order valence-corrected chi connectivity index (χ0v) is 25.1. The number of aromatic nitrogens is 2. The monoisotopic (exact) mass is 581 g/mol. The number of carbonyl (C=O) groups excluding carboxylic acids is 1. The predicted molar refractivity (Wildman–Crippen MR) is 158 cm³/mol. The Balaban J connectivity index is 1.19. The normalized spacial score (nSPS) is 26.4. The first-order valence-electron chi connectivity index (χ1n) is 14.7. The van der Waals surface area contributed by atoms with Crippen molar-refractivity contribution in [1.29, 1.82) is 0 Å². The maximum absolute atomic E-state index is 14.4. The highest BCUT2D eigenvalue weighted by atomic mass is 32.2. The SMILES string of the molecule is CC(C)N(C)C(=O)c1cc(F)ccc1-n1cc(C2CC3CN(CC4CC(NS(C)(=O)=O)C4)CC3C2)c2ccncc21. The number of benzene rings is 1. The fourth-order valence-corrected chi connectivity index (χ4v) is 8.19. The molecule has 1 N–H and O–H groups in total. The zero-order chi connectivity index (χ0) is 29.1. The standard InChI is InChI=1S/C31H40FN5O3S/c1-19(2)35(3)31(38)27-13-24(32)5-6-29(27)37-18-28(26-7-8-33-14-30(26)37)21-11-22-16-36(17-23(22)12-21)15-20-9-25(10-20)34-41(4,39)40/h5-8,13-14,18-23,25,34H,9-12,15-17H2,1-4H3. The lowest BCUT2D eigenvalue weighted by atomic mass is 9.80. The first-order chi connectivity index (χ1) is 19.5. The van der Waals surface area contributed by atoms with E-state index in [-0.39, 0.29) is 18.0 Å². The van der Waals surface area contributed by atoms with Crippen LogP contribution in [0.25, 0.3) is 16.6 Å². The molecule has 10 heteroatoms. The van der Waals surface area contributed by atoms with Gasteiger partial charge in [-0.05, 0) is 93.0 Å². The highest BCUT2D eigenvalue weighted by Gasteiger charge is 2.43. The van der Waals surface area contributed by atoms with Gasteiger partial charge in [0, 0.05) is 56.5 Å². The van der Waals surface area contributed by atoms with Crippen LogP contribution in [0.15, 0.2) is 42.9 Å². The Morgan fingerprint density at radius 3 is 2.51 bits per heavy atom. The van der Waals surface area contributed by atoms with E-state index in [1.807, 2.05) is 30.8 Å².